The molecule has 0 N–H and O–H groups in total. The average molecular weight is 409 g/mol. The van der Waals surface area contributed by atoms with Gasteiger partial charge >= 0.3 is 0 Å². The number of hydrogen-bond acceptors (Lipinski definition) is 0. The lowest BCUT2D eigenvalue weighted by atomic mass is 9.85. The van der Waals surface area contributed by atoms with E-state index >= 15 is 0 Å². The van der Waals surface area contributed by atoms with E-state index in [1.807, 2.05) is 0 Å². The van der Waals surface area contributed by atoms with Crippen molar-refractivity contribution in [2.45, 2.75) is 46.0 Å². The van der Waals surface area contributed by atoms with Crippen LogP contribution in [0.25, 0.3) is 22.5 Å². The molecule has 0 fully saturated rings. The zero-order valence-corrected chi connectivity index (χ0v) is 19.2. The van der Waals surface area contributed by atoms with E-state index in [0.717, 1.165) is 0 Å². The fourth-order valence-electron chi connectivity index (χ4n) is 4.10. The molecule has 0 aliphatic heterocycles. The Labute approximate surface area is 186 Å². The molecule has 2 nitrogen and oxygen atoms in total. The molecule has 0 saturated carbocycles. The van der Waals surface area contributed by atoms with Crippen LogP contribution in [0, 0.1) is 0 Å². The van der Waals surface area contributed by atoms with Crippen LogP contribution >= 0.6 is 0 Å². The van der Waals surface area contributed by atoms with Crippen LogP contribution in [0.3, 0.4) is 0 Å². The van der Waals surface area contributed by atoms with E-state index < -0.39 is 0 Å². The van der Waals surface area contributed by atoms with Gasteiger partial charge in [0.05, 0.1) is 0 Å². The third kappa shape index (κ3) is 4.44. The summed E-state index contributed by atoms with van der Waals surface area (Å²) in [6, 6.07) is 26.0. The number of para-hydroxylation sites is 2. The highest BCUT2D eigenvalue weighted by atomic mass is 14.9. The Balaban J connectivity index is 1.63. The van der Waals surface area contributed by atoms with Gasteiger partial charge in [-0.05, 0) is 22.5 Å². The molecule has 31 heavy (non-hydrogen) atoms. The fraction of sp³-hybridized carbons (Fsp3) is 0.241. The minimum absolute atomic E-state index is 0.0988. The largest absolute Gasteiger partial charge is 0.214 e. The van der Waals surface area contributed by atoms with Crippen molar-refractivity contribution >= 4 is 0 Å². The molecular weight excluding hydrogens is 376 g/mol. The zero-order valence-electron chi connectivity index (χ0n) is 19.2. The molecule has 4 rings (SSSR count). The van der Waals surface area contributed by atoms with Gasteiger partial charge in [-0.3, -0.25) is 0 Å². The molecule has 0 saturated heterocycles. The Morgan fingerprint density at radius 2 is 1.03 bits per heavy atom. The van der Waals surface area contributed by atoms with Crippen molar-refractivity contribution in [3.63, 3.8) is 0 Å². The summed E-state index contributed by atoms with van der Waals surface area (Å²) >= 11 is 0. The normalized spacial score (nSPS) is 11.7. The van der Waals surface area contributed by atoms with Crippen LogP contribution in [0.5, 0.6) is 0 Å². The molecule has 0 radical (unpaired) electrons. The third-order valence-electron chi connectivity index (χ3n) is 5.82. The van der Waals surface area contributed by atoms with Crippen molar-refractivity contribution in [1.29, 1.82) is 0 Å². The maximum Gasteiger partial charge on any atom is 0.214 e. The van der Waals surface area contributed by atoms with Gasteiger partial charge in [0.15, 0.2) is 24.8 Å². The van der Waals surface area contributed by atoms with Crippen LogP contribution in [0.1, 0.15) is 51.7 Å². The van der Waals surface area contributed by atoms with Gasteiger partial charge < -0.3 is 0 Å². The fourth-order valence-corrected chi connectivity index (χ4v) is 4.10. The molecule has 0 aliphatic carbocycles. The second kappa shape index (κ2) is 8.47. The van der Waals surface area contributed by atoms with Gasteiger partial charge in [0.2, 0.25) is 11.4 Å². The lowest BCUT2D eigenvalue weighted by molar-refractivity contribution is -0.596. The lowest BCUT2D eigenvalue weighted by Gasteiger charge is -2.19. The molecule has 2 aromatic heterocycles. The monoisotopic (exact) mass is 408 g/mol. The quantitative estimate of drug-likeness (QED) is 0.349. The van der Waals surface area contributed by atoms with Gasteiger partial charge in [-0.25, -0.2) is 0 Å². The summed E-state index contributed by atoms with van der Waals surface area (Å²) in [5.41, 5.74) is 7.72. The highest BCUT2D eigenvalue weighted by Gasteiger charge is 2.23. The van der Waals surface area contributed by atoms with E-state index in [-0.39, 0.29) is 5.41 Å². The van der Waals surface area contributed by atoms with Crippen LogP contribution in [0.2, 0.25) is 0 Å². The Kier molecular flexibility index (Phi) is 5.73. The first-order chi connectivity index (χ1) is 14.8. The number of benzene rings is 2. The SMILES string of the molecule is CC(C)c1ccccc1-[n+]1ccc(-c2cc[n+](-c3ccccc3C(C)(C)C)cc2)cc1. The number of rotatable bonds is 4. The van der Waals surface area contributed by atoms with Crippen molar-refractivity contribution in [3.05, 3.63) is 109 Å². The Hall–Kier alpha value is -3.26. The topological polar surface area (TPSA) is 7.76 Å². The summed E-state index contributed by atoms with van der Waals surface area (Å²) in [7, 11) is 0. The van der Waals surface area contributed by atoms with Crippen LogP contribution in [-0.4, -0.2) is 0 Å². The summed E-state index contributed by atoms with van der Waals surface area (Å²) in [4.78, 5) is 0. The first kappa shape index (κ1) is 21.0. The molecule has 0 amide bonds. The van der Waals surface area contributed by atoms with Crippen molar-refractivity contribution < 1.29 is 9.13 Å². The molecule has 156 valence electrons. The van der Waals surface area contributed by atoms with E-state index in [4.69, 9.17) is 0 Å². The minimum Gasteiger partial charge on any atom is -0.167 e. The van der Waals surface area contributed by atoms with Crippen molar-refractivity contribution in [2.75, 3.05) is 0 Å². The molecule has 2 heteroatoms. The number of aromatic nitrogens is 2. The summed E-state index contributed by atoms with van der Waals surface area (Å²) in [6.45, 7) is 11.3. The van der Waals surface area contributed by atoms with Crippen LogP contribution in [-0.2, 0) is 5.41 Å². The Bertz CT molecular complexity index is 1160. The zero-order chi connectivity index (χ0) is 22.0. The van der Waals surface area contributed by atoms with Gasteiger partial charge in [-0.2, -0.15) is 9.13 Å². The van der Waals surface area contributed by atoms with Gasteiger partial charge in [0, 0.05) is 47.5 Å². The number of pyridine rings is 2. The standard InChI is InChI=1S/C29H32N2/c1-22(2)25-10-6-8-12-27(25)30-18-14-23(15-19-30)24-16-20-31(21-17-24)28-13-9-7-11-26(28)29(3,4)5/h6-22H,1-5H3/q+2. The lowest BCUT2D eigenvalue weighted by Crippen LogP contribution is -2.33. The van der Waals surface area contributed by atoms with Crippen LogP contribution < -0.4 is 9.13 Å². The second-order valence-electron chi connectivity index (χ2n) is 9.47. The van der Waals surface area contributed by atoms with Crippen molar-refractivity contribution in [1.82, 2.24) is 0 Å². The van der Waals surface area contributed by atoms with Gasteiger partial charge in [-0.1, -0.05) is 71.0 Å². The van der Waals surface area contributed by atoms with Crippen LogP contribution in [0.4, 0.5) is 0 Å². The van der Waals surface area contributed by atoms with Crippen LogP contribution in [0.15, 0.2) is 97.6 Å². The molecule has 0 aliphatic rings. The highest BCUT2D eigenvalue weighted by Crippen LogP contribution is 2.26. The van der Waals surface area contributed by atoms with Crippen molar-refractivity contribution in [3.8, 4) is 22.5 Å². The van der Waals surface area contributed by atoms with E-state index in [1.54, 1.807) is 0 Å². The van der Waals surface area contributed by atoms with E-state index in [9.17, 15) is 0 Å². The number of hydrogen-bond donors (Lipinski definition) is 0. The van der Waals surface area contributed by atoms with Gasteiger partial charge in [-0.15, -0.1) is 0 Å². The highest BCUT2D eigenvalue weighted by molar-refractivity contribution is 5.61. The predicted molar refractivity (Wildman–Crippen MR) is 128 cm³/mol. The molecule has 2 heterocycles. The first-order valence-corrected chi connectivity index (χ1v) is 11.1. The van der Waals surface area contributed by atoms with E-state index in [2.05, 4.69) is 141 Å². The summed E-state index contributed by atoms with van der Waals surface area (Å²) < 4.78 is 4.42. The van der Waals surface area contributed by atoms with Gasteiger partial charge in [0.1, 0.15) is 0 Å². The van der Waals surface area contributed by atoms with E-state index in [0.29, 0.717) is 5.92 Å². The molecule has 4 aromatic rings. The second-order valence-corrected chi connectivity index (χ2v) is 9.47. The molecule has 2 aromatic carbocycles. The molecule has 0 atom stereocenters. The number of nitrogens with zero attached hydrogens (tertiary/aromatic N) is 2. The summed E-state index contributed by atoms with van der Waals surface area (Å²) in [5.74, 6) is 0.490. The average Bonchev–Trinajstić information content (AvgIpc) is 2.79. The predicted octanol–water partition coefficient (Wildman–Crippen LogP) is 6.33. The summed E-state index contributed by atoms with van der Waals surface area (Å²) in [6.07, 6.45) is 8.64. The maximum atomic E-state index is 2.26. The summed E-state index contributed by atoms with van der Waals surface area (Å²) in [5, 5.41) is 0. The Morgan fingerprint density at radius 1 is 0.581 bits per heavy atom. The third-order valence-corrected chi connectivity index (χ3v) is 5.82. The Morgan fingerprint density at radius 3 is 1.55 bits per heavy atom. The smallest absolute Gasteiger partial charge is 0.167 e. The molecule has 0 spiro atoms. The molecular formula is C29H32N2+2. The van der Waals surface area contributed by atoms with E-state index in [1.165, 1.54) is 33.6 Å². The maximum absolute atomic E-state index is 2.26. The van der Waals surface area contributed by atoms with Gasteiger partial charge in [0.25, 0.3) is 0 Å². The molecule has 0 unspecified atom stereocenters. The minimum atomic E-state index is 0.0988. The molecule has 0 bridgehead atoms. The van der Waals surface area contributed by atoms with Crippen molar-refractivity contribution in [2.24, 2.45) is 0 Å². The first-order valence-electron chi connectivity index (χ1n) is 11.1.